The number of urea groups is 1. The molecular weight excluding hydrogens is 335 g/mol. The highest BCUT2D eigenvalue weighted by molar-refractivity contribution is 5.74. The lowest BCUT2D eigenvalue weighted by molar-refractivity contribution is -0.143. The Labute approximate surface area is 145 Å². The van der Waals surface area contributed by atoms with Crippen molar-refractivity contribution < 1.29 is 22.7 Å². The largest absolute Gasteiger partial charge is 0.494 e. The molecule has 2 amide bonds. The molecule has 5 nitrogen and oxygen atoms in total. The predicted octanol–water partition coefficient (Wildman–Crippen LogP) is 2.86. The van der Waals surface area contributed by atoms with E-state index in [-0.39, 0.29) is 18.6 Å². The van der Waals surface area contributed by atoms with E-state index in [9.17, 15) is 18.0 Å². The van der Waals surface area contributed by atoms with Crippen molar-refractivity contribution in [2.45, 2.75) is 32.1 Å². The minimum Gasteiger partial charge on any atom is -0.494 e. The number of nitrogens with one attached hydrogen (secondary N) is 1. The maximum atomic E-state index is 12.4. The van der Waals surface area contributed by atoms with E-state index in [4.69, 9.17) is 4.74 Å². The van der Waals surface area contributed by atoms with Crippen molar-refractivity contribution in [3.63, 3.8) is 0 Å². The molecule has 0 aromatic heterocycles. The number of alkyl halides is 3. The highest BCUT2D eigenvalue weighted by atomic mass is 19.4. The summed E-state index contributed by atoms with van der Waals surface area (Å²) in [5.41, 5.74) is 0.950. The van der Waals surface area contributed by atoms with E-state index in [1.807, 2.05) is 31.2 Å². The quantitative estimate of drug-likeness (QED) is 0.850. The summed E-state index contributed by atoms with van der Waals surface area (Å²) in [5.74, 6) is 0.772. The number of amides is 2. The minimum atomic E-state index is -4.21. The molecule has 25 heavy (non-hydrogen) atoms. The lowest BCUT2D eigenvalue weighted by Gasteiger charge is -2.22. The number of hydrogen-bond acceptors (Lipinski definition) is 3. The molecule has 0 radical (unpaired) electrons. The van der Waals surface area contributed by atoms with Gasteiger partial charge in [-0.15, -0.1) is 0 Å². The number of nitrogens with zero attached hydrogens (tertiary/aromatic N) is 2. The first-order valence-corrected chi connectivity index (χ1v) is 8.29. The third-order valence-electron chi connectivity index (χ3n) is 4.00. The molecule has 1 fully saturated rings. The van der Waals surface area contributed by atoms with E-state index >= 15 is 0 Å². The second kappa shape index (κ2) is 8.42. The molecule has 0 saturated carbocycles. The lowest BCUT2D eigenvalue weighted by atomic mass is 10.2. The van der Waals surface area contributed by atoms with Crippen LogP contribution >= 0.6 is 0 Å². The molecule has 0 aliphatic carbocycles. The number of benzene rings is 1. The van der Waals surface area contributed by atoms with Gasteiger partial charge in [-0.1, -0.05) is 12.1 Å². The molecule has 8 heteroatoms. The number of rotatable bonds is 6. The minimum absolute atomic E-state index is 0.224. The highest BCUT2D eigenvalue weighted by Crippen LogP contribution is 2.20. The highest BCUT2D eigenvalue weighted by Gasteiger charge is 2.34. The molecular formula is C17H24F3N3O2. The van der Waals surface area contributed by atoms with Crippen LogP contribution < -0.4 is 10.1 Å². The van der Waals surface area contributed by atoms with Gasteiger partial charge < -0.3 is 15.0 Å². The summed E-state index contributed by atoms with van der Waals surface area (Å²) >= 11 is 0. The van der Waals surface area contributed by atoms with Crippen LogP contribution in [0.5, 0.6) is 5.75 Å². The third kappa shape index (κ3) is 6.45. The van der Waals surface area contributed by atoms with Crippen LogP contribution in [0.1, 0.15) is 18.9 Å². The van der Waals surface area contributed by atoms with Gasteiger partial charge in [0, 0.05) is 32.7 Å². The molecule has 1 atom stereocenters. The van der Waals surface area contributed by atoms with Crippen molar-refractivity contribution in [3.8, 4) is 5.75 Å². The number of likely N-dealkylation sites (tertiary alicyclic amines) is 1. The van der Waals surface area contributed by atoms with E-state index in [2.05, 4.69) is 5.32 Å². The second-order valence-corrected chi connectivity index (χ2v) is 6.22. The van der Waals surface area contributed by atoms with Gasteiger partial charge in [0.25, 0.3) is 0 Å². The van der Waals surface area contributed by atoms with E-state index in [1.165, 1.54) is 9.80 Å². The second-order valence-electron chi connectivity index (χ2n) is 6.22. The molecule has 1 heterocycles. The Morgan fingerprint density at radius 2 is 2.04 bits per heavy atom. The van der Waals surface area contributed by atoms with Crippen LogP contribution in [0.2, 0.25) is 0 Å². The smallest absolute Gasteiger partial charge is 0.401 e. The average Bonchev–Trinajstić information content (AvgIpc) is 2.94. The Balaban J connectivity index is 1.78. The van der Waals surface area contributed by atoms with Crippen LogP contribution in [-0.2, 0) is 6.54 Å². The summed E-state index contributed by atoms with van der Waals surface area (Å²) in [6.45, 7) is 2.55. The van der Waals surface area contributed by atoms with Gasteiger partial charge in [0.1, 0.15) is 5.75 Å². The van der Waals surface area contributed by atoms with Crippen LogP contribution in [-0.4, -0.2) is 61.3 Å². The SMILES string of the molecule is CCOc1ccc(CN(C)C(=O)NC2CCN(CC(F)(F)F)C2)cc1. The molecule has 140 valence electrons. The molecule has 1 aliphatic rings. The fraction of sp³-hybridized carbons (Fsp3) is 0.588. The lowest BCUT2D eigenvalue weighted by Crippen LogP contribution is -2.44. The first kappa shape index (κ1) is 19.4. The van der Waals surface area contributed by atoms with Crippen molar-refractivity contribution in [2.24, 2.45) is 0 Å². The number of carbonyl (C=O) groups excluding carboxylic acids is 1. The van der Waals surface area contributed by atoms with E-state index in [0.29, 0.717) is 26.1 Å². The molecule has 1 aromatic rings. The molecule has 1 saturated heterocycles. The molecule has 1 N–H and O–H groups in total. The first-order valence-electron chi connectivity index (χ1n) is 8.29. The van der Waals surface area contributed by atoms with Gasteiger partial charge in [0.2, 0.25) is 0 Å². The van der Waals surface area contributed by atoms with Gasteiger partial charge in [-0.3, -0.25) is 4.90 Å². The van der Waals surface area contributed by atoms with Crippen LogP contribution in [0.25, 0.3) is 0 Å². The molecule has 1 aliphatic heterocycles. The Hall–Kier alpha value is -1.96. The molecule has 0 bridgehead atoms. The van der Waals surface area contributed by atoms with Crippen LogP contribution in [0, 0.1) is 0 Å². The van der Waals surface area contributed by atoms with Crippen molar-refractivity contribution in [1.29, 1.82) is 0 Å². The van der Waals surface area contributed by atoms with Crippen molar-refractivity contribution in [2.75, 3.05) is 33.3 Å². The number of halogens is 3. The number of ether oxygens (including phenoxy) is 1. The normalized spacial score (nSPS) is 18.2. The monoisotopic (exact) mass is 359 g/mol. The number of carbonyl (C=O) groups is 1. The Morgan fingerprint density at radius 3 is 2.64 bits per heavy atom. The van der Waals surface area contributed by atoms with Gasteiger partial charge in [-0.05, 0) is 31.0 Å². The molecule has 2 rings (SSSR count). The molecule has 0 spiro atoms. The Morgan fingerprint density at radius 1 is 1.36 bits per heavy atom. The topological polar surface area (TPSA) is 44.8 Å². The summed E-state index contributed by atoms with van der Waals surface area (Å²) in [7, 11) is 1.66. The summed E-state index contributed by atoms with van der Waals surface area (Å²) in [6.07, 6.45) is -3.68. The van der Waals surface area contributed by atoms with E-state index < -0.39 is 12.7 Å². The van der Waals surface area contributed by atoms with Gasteiger partial charge in [0.15, 0.2) is 0 Å². The maximum absolute atomic E-state index is 12.4. The zero-order valence-corrected chi connectivity index (χ0v) is 14.5. The third-order valence-corrected chi connectivity index (χ3v) is 4.00. The summed E-state index contributed by atoms with van der Waals surface area (Å²) in [4.78, 5) is 15.0. The zero-order chi connectivity index (χ0) is 18.4. The standard InChI is InChI=1S/C17H24F3N3O2/c1-3-25-15-6-4-13(5-7-15)10-22(2)16(24)21-14-8-9-23(11-14)12-17(18,19)20/h4-7,14H,3,8-12H2,1-2H3,(H,21,24). The average molecular weight is 359 g/mol. The maximum Gasteiger partial charge on any atom is 0.401 e. The summed E-state index contributed by atoms with van der Waals surface area (Å²) in [6, 6.07) is 6.92. The Kier molecular flexibility index (Phi) is 6.52. The number of hydrogen-bond donors (Lipinski definition) is 1. The molecule has 1 aromatic carbocycles. The van der Waals surface area contributed by atoms with Crippen LogP contribution in [0.4, 0.5) is 18.0 Å². The van der Waals surface area contributed by atoms with Gasteiger partial charge in [-0.2, -0.15) is 13.2 Å². The fourth-order valence-electron chi connectivity index (χ4n) is 2.84. The van der Waals surface area contributed by atoms with Gasteiger partial charge in [0.05, 0.1) is 13.2 Å². The van der Waals surface area contributed by atoms with Gasteiger partial charge >= 0.3 is 12.2 Å². The fourth-order valence-corrected chi connectivity index (χ4v) is 2.84. The van der Waals surface area contributed by atoms with Gasteiger partial charge in [-0.25, -0.2) is 4.79 Å². The molecule has 1 unspecified atom stereocenters. The van der Waals surface area contributed by atoms with Crippen molar-refractivity contribution in [1.82, 2.24) is 15.1 Å². The summed E-state index contributed by atoms with van der Waals surface area (Å²) < 4.78 is 42.6. The summed E-state index contributed by atoms with van der Waals surface area (Å²) in [5, 5.41) is 2.80. The first-order chi connectivity index (χ1) is 11.8. The van der Waals surface area contributed by atoms with Crippen molar-refractivity contribution >= 4 is 6.03 Å². The predicted molar refractivity (Wildman–Crippen MR) is 88.5 cm³/mol. The van der Waals surface area contributed by atoms with Crippen LogP contribution in [0.3, 0.4) is 0 Å². The zero-order valence-electron chi connectivity index (χ0n) is 14.5. The Bertz CT molecular complexity index is 563. The van der Waals surface area contributed by atoms with E-state index in [1.54, 1.807) is 7.05 Å². The van der Waals surface area contributed by atoms with Crippen LogP contribution in [0.15, 0.2) is 24.3 Å². The van der Waals surface area contributed by atoms with E-state index in [0.717, 1.165) is 11.3 Å². The van der Waals surface area contributed by atoms with Crippen molar-refractivity contribution in [3.05, 3.63) is 29.8 Å².